The Balaban J connectivity index is 1.61. The molecule has 0 bridgehead atoms. The SMILES string of the molecule is Cc1cc(C)n2c(SCC(=O)NCc3ccc(Cl)cc3Cl)nnc2n1. The Morgan fingerprint density at radius 3 is 2.80 bits per heavy atom. The molecule has 0 aliphatic carbocycles. The van der Waals surface area contributed by atoms with Gasteiger partial charge in [0.25, 0.3) is 5.78 Å². The summed E-state index contributed by atoms with van der Waals surface area (Å²) in [6.07, 6.45) is 0. The molecule has 9 heteroatoms. The fraction of sp³-hybridized carbons (Fsp3) is 0.250. The van der Waals surface area contributed by atoms with Gasteiger partial charge in [-0.25, -0.2) is 4.98 Å². The highest BCUT2D eigenvalue weighted by molar-refractivity contribution is 7.99. The number of aromatic nitrogens is 4. The average Bonchev–Trinajstić information content (AvgIpc) is 2.95. The van der Waals surface area contributed by atoms with Crippen LogP contribution >= 0.6 is 35.0 Å². The van der Waals surface area contributed by atoms with Crippen LogP contribution in [0.3, 0.4) is 0 Å². The van der Waals surface area contributed by atoms with Gasteiger partial charge in [0.15, 0.2) is 5.16 Å². The van der Waals surface area contributed by atoms with E-state index in [0.717, 1.165) is 17.0 Å². The molecule has 3 rings (SSSR count). The largest absolute Gasteiger partial charge is 0.351 e. The van der Waals surface area contributed by atoms with E-state index in [-0.39, 0.29) is 11.7 Å². The zero-order valence-electron chi connectivity index (χ0n) is 13.6. The van der Waals surface area contributed by atoms with Crippen LogP contribution in [-0.4, -0.2) is 31.2 Å². The second-order valence-electron chi connectivity index (χ2n) is 5.46. The van der Waals surface area contributed by atoms with Crippen LogP contribution in [0.4, 0.5) is 0 Å². The van der Waals surface area contributed by atoms with E-state index in [2.05, 4.69) is 20.5 Å². The number of rotatable bonds is 5. The van der Waals surface area contributed by atoms with Crippen molar-refractivity contribution in [3.63, 3.8) is 0 Å². The number of thioether (sulfide) groups is 1. The van der Waals surface area contributed by atoms with Crippen LogP contribution in [0.1, 0.15) is 17.0 Å². The summed E-state index contributed by atoms with van der Waals surface area (Å²) in [5.74, 6) is 0.637. The Kier molecular flexibility index (Phi) is 5.46. The predicted octanol–water partition coefficient (Wildman–Crippen LogP) is 3.46. The van der Waals surface area contributed by atoms with Crippen molar-refractivity contribution in [1.29, 1.82) is 0 Å². The van der Waals surface area contributed by atoms with Crippen LogP contribution < -0.4 is 5.32 Å². The minimum atomic E-state index is -0.120. The molecule has 0 fully saturated rings. The van der Waals surface area contributed by atoms with E-state index in [1.165, 1.54) is 11.8 Å². The fourth-order valence-electron chi connectivity index (χ4n) is 2.33. The maximum Gasteiger partial charge on any atom is 0.256 e. The Labute approximate surface area is 158 Å². The zero-order valence-corrected chi connectivity index (χ0v) is 15.9. The average molecular weight is 396 g/mol. The van der Waals surface area contributed by atoms with E-state index in [9.17, 15) is 4.79 Å². The Hall–Kier alpha value is -1.83. The zero-order chi connectivity index (χ0) is 18.0. The lowest BCUT2D eigenvalue weighted by Crippen LogP contribution is -2.24. The number of amides is 1. The number of hydrogen-bond acceptors (Lipinski definition) is 5. The molecule has 0 radical (unpaired) electrons. The molecule has 25 heavy (non-hydrogen) atoms. The molecular formula is C16H15Cl2N5OS. The third-order valence-electron chi connectivity index (χ3n) is 3.49. The number of carbonyl (C=O) groups is 1. The minimum Gasteiger partial charge on any atom is -0.351 e. The molecule has 1 N–H and O–H groups in total. The van der Waals surface area contributed by atoms with E-state index in [4.69, 9.17) is 23.2 Å². The summed E-state index contributed by atoms with van der Waals surface area (Å²) >= 11 is 13.3. The molecule has 3 aromatic rings. The van der Waals surface area contributed by atoms with Gasteiger partial charge in [-0.15, -0.1) is 10.2 Å². The maximum atomic E-state index is 12.1. The van der Waals surface area contributed by atoms with Gasteiger partial charge in [0, 0.05) is 28.0 Å². The number of benzene rings is 1. The molecule has 0 unspecified atom stereocenters. The third-order valence-corrected chi connectivity index (χ3v) is 5.00. The van der Waals surface area contributed by atoms with Gasteiger partial charge in [0.05, 0.1) is 5.75 Å². The summed E-state index contributed by atoms with van der Waals surface area (Å²) in [6.45, 7) is 4.21. The van der Waals surface area contributed by atoms with Crippen molar-refractivity contribution in [2.45, 2.75) is 25.5 Å². The summed E-state index contributed by atoms with van der Waals surface area (Å²) in [5, 5.41) is 12.7. The molecule has 0 saturated carbocycles. The second kappa shape index (κ2) is 7.59. The number of hydrogen-bond donors (Lipinski definition) is 1. The molecule has 0 atom stereocenters. The van der Waals surface area contributed by atoms with E-state index < -0.39 is 0 Å². The van der Waals surface area contributed by atoms with Crippen molar-refractivity contribution in [3.8, 4) is 0 Å². The minimum absolute atomic E-state index is 0.120. The van der Waals surface area contributed by atoms with Gasteiger partial charge in [-0.05, 0) is 37.6 Å². The van der Waals surface area contributed by atoms with Crippen molar-refractivity contribution in [3.05, 3.63) is 51.3 Å². The van der Waals surface area contributed by atoms with Crippen LogP contribution in [0.5, 0.6) is 0 Å². The molecule has 0 aliphatic heterocycles. The molecule has 0 saturated heterocycles. The molecule has 1 amide bonds. The smallest absolute Gasteiger partial charge is 0.256 e. The highest BCUT2D eigenvalue weighted by Gasteiger charge is 2.12. The van der Waals surface area contributed by atoms with Gasteiger partial charge in [0.1, 0.15) is 0 Å². The van der Waals surface area contributed by atoms with E-state index in [0.29, 0.717) is 27.5 Å². The Morgan fingerprint density at radius 1 is 1.24 bits per heavy atom. The first kappa shape index (κ1) is 18.0. The van der Waals surface area contributed by atoms with Crippen molar-refractivity contribution < 1.29 is 4.79 Å². The van der Waals surface area contributed by atoms with Gasteiger partial charge >= 0.3 is 0 Å². The number of nitrogens with one attached hydrogen (secondary N) is 1. The number of aryl methyl sites for hydroxylation is 2. The number of nitrogens with zero attached hydrogens (tertiary/aromatic N) is 4. The highest BCUT2D eigenvalue weighted by Crippen LogP contribution is 2.21. The quantitative estimate of drug-likeness (QED) is 0.669. The summed E-state index contributed by atoms with van der Waals surface area (Å²) in [4.78, 5) is 16.4. The lowest BCUT2D eigenvalue weighted by molar-refractivity contribution is -0.118. The van der Waals surface area contributed by atoms with Crippen LogP contribution in [0.15, 0.2) is 29.4 Å². The summed E-state index contributed by atoms with van der Waals surface area (Å²) in [5.41, 5.74) is 2.67. The second-order valence-corrected chi connectivity index (χ2v) is 7.24. The monoisotopic (exact) mass is 395 g/mol. The normalized spacial score (nSPS) is 11.0. The molecule has 2 heterocycles. The van der Waals surface area contributed by atoms with E-state index >= 15 is 0 Å². The van der Waals surface area contributed by atoms with Crippen LogP contribution in [0.2, 0.25) is 10.0 Å². The van der Waals surface area contributed by atoms with Crippen LogP contribution in [0, 0.1) is 13.8 Å². The highest BCUT2D eigenvalue weighted by atomic mass is 35.5. The van der Waals surface area contributed by atoms with Gasteiger partial charge in [-0.1, -0.05) is 41.0 Å². The molecular weight excluding hydrogens is 381 g/mol. The van der Waals surface area contributed by atoms with E-state index in [1.807, 2.05) is 24.3 Å². The summed E-state index contributed by atoms with van der Waals surface area (Å²) < 4.78 is 1.83. The molecule has 1 aromatic carbocycles. The molecule has 130 valence electrons. The van der Waals surface area contributed by atoms with Crippen molar-refractivity contribution >= 4 is 46.6 Å². The van der Waals surface area contributed by atoms with Crippen molar-refractivity contribution in [2.24, 2.45) is 0 Å². The first-order valence-corrected chi connectivity index (χ1v) is 9.21. The van der Waals surface area contributed by atoms with Gasteiger partial charge in [0.2, 0.25) is 5.91 Å². The first-order valence-electron chi connectivity index (χ1n) is 7.47. The lowest BCUT2D eigenvalue weighted by atomic mass is 10.2. The number of carbonyl (C=O) groups excluding carboxylic acids is 1. The molecule has 0 spiro atoms. The third kappa shape index (κ3) is 4.23. The topological polar surface area (TPSA) is 72.2 Å². The molecule has 0 aliphatic rings. The maximum absolute atomic E-state index is 12.1. The summed E-state index contributed by atoms with van der Waals surface area (Å²) in [6, 6.07) is 7.13. The van der Waals surface area contributed by atoms with Gasteiger partial charge in [-0.3, -0.25) is 9.20 Å². The summed E-state index contributed by atoms with van der Waals surface area (Å²) in [7, 11) is 0. The predicted molar refractivity (Wildman–Crippen MR) is 99.3 cm³/mol. The fourth-order valence-corrected chi connectivity index (χ4v) is 3.62. The molecule has 6 nitrogen and oxygen atoms in total. The molecule has 2 aromatic heterocycles. The van der Waals surface area contributed by atoms with Crippen molar-refractivity contribution in [1.82, 2.24) is 24.9 Å². The number of halogens is 2. The standard InChI is InChI=1S/C16H15Cl2N5OS/c1-9-5-10(2)23-15(20-9)21-22-16(23)25-8-14(24)19-7-11-3-4-12(17)6-13(11)18/h3-6H,7-8H2,1-2H3,(H,19,24). The first-order chi connectivity index (χ1) is 11.9. The van der Waals surface area contributed by atoms with Crippen molar-refractivity contribution in [2.75, 3.05) is 5.75 Å². The van der Waals surface area contributed by atoms with Gasteiger partial charge < -0.3 is 5.32 Å². The van der Waals surface area contributed by atoms with Crippen LogP contribution in [-0.2, 0) is 11.3 Å². The lowest BCUT2D eigenvalue weighted by Gasteiger charge is -2.07. The number of fused-ring (bicyclic) bond motifs is 1. The Morgan fingerprint density at radius 2 is 2.04 bits per heavy atom. The van der Waals surface area contributed by atoms with Gasteiger partial charge in [-0.2, -0.15) is 0 Å². The van der Waals surface area contributed by atoms with Crippen LogP contribution in [0.25, 0.3) is 5.78 Å². The van der Waals surface area contributed by atoms with E-state index in [1.54, 1.807) is 18.2 Å². The Bertz CT molecular complexity index is 944.